The maximum Gasteiger partial charge on any atom is 0.315 e. The van der Waals surface area contributed by atoms with Crippen LogP contribution in [-0.4, -0.2) is 37.0 Å². The second-order valence-corrected chi connectivity index (χ2v) is 4.16. The van der Waals surface area contributed by atoms with E-state index in [2.05, 4.69) is 27.8 Å². The molecule has 1 aromatic rings. The molecule has 0 spiro atoms. The Morgan fingerprint density at radius 3 is 2.83 bits per heavy atom. The lowest BCUT2D eigenvalue weighted by Gasteiger charge is -2.01. The minimum atomic E-state index is 0.509. The predicted octanol–water partition coefficient (Wildman–Crippen LogP) is 1.80. The third kappa shape index (κ3) is 6.56. The normalized spacial score (nSPS) is 10.8. The first kappa shape index (κ1) is 14.9. The van der Waals surface area contributed by atoms with Crippen LogP contribution in [0.3, 0.4) is 0 Å². The van der Waals surface area contributed by atoms with Crippen molar-refractivity contribution < 1.29 is 9.15 Å². The van der Waals surface area contributed by atoms with Gasteiger partial charge in [0.05, 0.1) is 6.54 Å². The first-order valence-corrected chi connectivity index (χ1v) is 6.62. The van der Waals surface area contributed by atoms with E-state index in [1.54, 1.807) is 7.11 Å². The van der Waals surface area contributed by atoms with Crippen molar-refractivity contribution in [2.45, 2.75) is 39.2 Å². The van der Waals surface area contributed by atoms with Crippen LogP contribution in [0, 0.1) is 0 Å². The summed E-state index contributed by atoms with van der Waals surface area (Å²) in [5.74, 6) is 0.630. The Labute approximate surface area is 108 Å². The topological polar surface area (TPSA) is 72.2 Å². The lowest BCUT2D eigenvalue weighted by atomic mass is 10.2. The summed E-state index contributed by atoms with van der Waals surface area (Å²) in [5, 5.41) is 14.2. The minimum Gasteiger partial charge on any atom is -0.407 e. The van der Waals surface area contributed by atoms with Crippen molar-refractivity contribution in [2.75, 3.05) is 32.1 Å². The van der Waals surface area contributed by atoms with Crippen molar-refractivity contribution in [1.82, 2.24) is 15.5 Å². The van der Waals surface area contributed by atoms with E-state index in [0.717, 1.165) is 45.4 Å². The Balaban J connectivity index is 2.07. The Morgan fingerprint density at radius 2 is 2.06 bits per heavy atom. The highest BCUT2D eigenvalue weighted by molar-refractivity contribution is 5.16. The maximum atomic E-state index is 5.44. The monoisotopic (exact) mass is 256 g/mol. The molecular weight excluding hydrogens is 232 g/mol. The fourth-order valence-corrected chi connectivity index (χ4v) is 1.51. The number of ether oxygens (including phenoxy) is 1. The molecule has 1 rings (SSSR count). The zero-order chi connectivity index (χ0) is 13.1. The van der Waals surface area contributed by atoms with Crippen LogP contribution in [0.4, 0.5) is 6.01 Å². The van der Waals surface area contributed by atoms with Crippen LogP contribution >= 0.6 is 0 Å². The summed E-state index contributed by atoms with van der Waals surface area (Å²) in [7, 11) is 1.73. The first-order chi connectivity index (χ1) is 8.86. The highest BCUT2D eigenvalue weighted by atomic mass is 16.5. The molecule has 104 valence electrons. The molecular formula is C12H24N4O2. The number of anilines is 1. The predicted molar refractivity (Wildman–Crippen MR) is 70.5 cm³/mol. The van der Waals surface area contributed by atoms with Crippen LogP contribution in [0.5, 0.6) is 0 Å². The standard InChI is InChI=1S/C12H24N4O2/c1-3-7-13-10-11-15-16-12(18-11)14-8-5-4-6-9-17-2/h13H,3-10H2,1-2H3,(H,14,16). The zero-order valence-electron chi connectivity index (χ0n) is 11.4. The highest BCUT2D eigenvalue weighted by Crippen LogP contribution is 2.05. The number of unbranched alkanes of at least 4 members (excludes halogenated alkanes) is 2. The Morgan fingerprint density at radius 1 is 1.17 bits per heavy atom. The molecule has 0 saturated carbocycles. The second-order valence-electron chi connectivity index (χ2n) is 4.16. The molecule has 0 atom stereocenters. The molecule has 0 amide bonds. The average Bonchev–Trinajstić information content (AvgIpc) is 2.82. The van der Waals surface area contributed by atoms with E-state index >= 15 is 0 Å². The lowest BCUT2D eigenvalue weighted by Crippen LogP contribution is -2.13. The fraction of sp³-hybridized carbons (Fsp3) is 0.833. The van der Waals surface area contributed by atoms with Gasteiger partial charge in [-0.1, -0.05) is 12.0 Å². The molecule has 2 N–H and O–H groups in total. The van der Waals surface area contributed by atoms with Crippen molar-refractivity contribution in [3.8, 4) is 0 Å². The van der Waals surface area contributed by atoms with Gasteiger partial charge in [0, 0.05) is 20.3 Å². The van der Waals surface area contributed by atoms with E-state index in [4.69, 9.17) is 9.15 Å². The van der Waals surface area contributed by atoms with Crippen molar-refractivity contribution in [1.29, 1.82) is 0 Å². The molecule has 0 radical (unpaired) electrons. The van der Waals surface area contributed by atoms with Crippen LogP contribution in [0.15, 0.2) is 4.42 Å². The van der Waals surface area contributed by atoms with E-state index < -0.39 is 0 Å². The van der Waals surface area contributed by atoms with E-state index in [1.807, 2.05) is 0 Å². The second kappa shape index (κ2) is 9.85. The Hall–Kier alpha value is -1.14. The molecule has 1 aromatic heterocycles. The number of nitrogens with zero attached hydrogens (tertiary/aromatic N) is 2. The number of hydrogen-bond donors (Lipinski definition) is 2. The quantitative estimate of drug-likeness (QED) is 0.588. The Kier molecular flexibility index (Phi) is 8.16. The summed E-state index contributed by atoms with van der Waals surface area (Å²) in [6, 6.07) is 0.509. The summed E-state index contributed by atoms with van der Waals surface area (Å²) >= 11 is 0. The van der Waals surface area contributed by atoms with Crippen molar-refractivity contribution in [3.63, 3.8) is 0 Å². The zero-order valence-corrected chi connectivity index (χ0v) is 11.4. The maximum absolute atomic E-state index is 5.44. The van der Waals surface area contributed by atoms with E-state index in [9.17, 15) is 0 Å². The summed E-state index contributed by atoms with van der Waals surface area (Å²) in [6.07, 6.45) is 4.41. The molecule has 0 saturated heterocycles. The van der Waals surface area contributed by atoms with Gasteiger partial charge in [-0.25, -0.2) is 0 Å². The fourth-order valence-electron chi connectivity index (χ4n) is 1.51. The number of rotatable bonds is 11. The molecule has 0 aliphatic carbocycles. The number of hydrogen-bond acceptors (Lipinski definition) is 6. The summed E-state index contributed by atoms with van der Waals surface area (Å²) in [5.41, 5.74) is 0. The highest BCUT2D eigenvalue weighted by Gasteiger charge is 2.04. The molecule has 0 unspecified atom stereocenters. The van der Waals surface area contributed by atoms with Gasteiger partial charge >= 0.3 is 6.01 Å². The molecule has 0 aliphatic heterocycles. The van der Waals surface area contributed by atoms with Gasteiger partial charge in [-0.3, -0.25) is 0 Å². The van der Waals surface area contributed by atoms with Gasteiger partial charge in [-0.05, 0) is 32.2 Å². The van der Waals surface area contributed by atoms with Gasteiger partial charge < -0.3 is 19.8 Å². The van der Waals surface area contributed by atoms with Gasteiger partial charge in [-0.15, -0.1) is 5.10 Å². The van der Waals surface area contributed by atoms with Gasteiger partial charge in [0.1, 0.15) is 0 Å². The SMILES string of the molecule is CCCNCc1nnc(NCCCCCOC)o1. The van der Waals surface area contributed by atoms with Gasteiger partial charge in [-0.2, -0.15) is 0 Å². The van der Waals surface area contributed by atoms with E-state index in [-0.39, 0.29) is 0 Å². The van der Waals surface area contributed by atoms with Crippen molar-refractivity contribution >= 4 is 6.01 Å². The molecule has 0 aliphatic rings. The number of nitrogens with one attached hydrogen (secondary N) is 2. The van der Waals surface area contributed by atoms with Crippen LogP contribution in [0.25, 0.3) is 0 Å². The van der Waals surface area contributed by atoms with Gasteiger partial charge in [0.15, 0.2) is 0 Å². The number of aromatic nitrogens is 2. The number of methoxy groups -OCH3 is 1. The first-order valence-electron chi connectivity index (χ1n) is 6.62. The molecule has 6 nitrogen and oxygen atoms in total. The van der Waals surface area contributed by atoms with E-state index in [0.29, 0.717) is 18.5 Å². The van der Waals surface area contributed by atoms with Crippen LogP contribution in [-0.2, 0) is 11.3 Å². The summed E-state index contributed by atoms with van der Waals surface area (Å²) < 4.78 is 10.4. The molecule has 1 heterocycles. The van der Waals surface area contributed by atoms with Crippen LogP contribution in [0.1, 0.15) is 38.5 Å². The van der Waals surface area contributed by atoms with Crippen LogP contribution < -0.4 is 10.6 Å². The van der Waals surface area contributed by atoms with Crippen LogP contribution in [0.2, 0.25) is 0 Å². The average molecular weight is 256 g/mol. The molecule has 0 aromatic carbocycles. The van der Waals surface area contributed by atoms with Gasteiger partial charge in [0.25, 0.3) is 0 Å². The summed E-state index contributed by atoms with van der Waals surface area (Å²) in [4.78, 5) is 0. The summed E-state index contributed by atoms with van der Waals surface area (Å²) in [6.45, 7) is 5.40. The smallest absolute Gasteiger partial charge is 0.315 e. The van der Waals surface area contributed by atoms with Crippen molar-refractivity contribution in [3.05, 3.63) is 5.89 Å². The molecule has 0 bridgehead atoms. The van der Waals surface area contributed by atoms with Crippen molar-refractivity contribution in [2.24, 2.45) is 0 Å². The Bertz CT molecular complexity index is 304. The lowest BCUT2D eigenvalue weighted by molar-refractivity contribution is 0.192. The molecule has 6 heteroatoms. The minimum absolute atomic E-state index is 0.509. The largest absolute Gasteiger partial charge is 0.407 e. The molecule has 18 heavy (non-hydrogen) atoms. The third-order valence-electron chi connectivity index (χ3n) is 2.47. The van der Waals surface area contributed by atoms with Gasteiger partial charge in [0.2, 0.25) is 5.89 Å². The third-order valence-corrected chi connectivity index (χ3v) is 2.47. The van der Waals surface area contributed by atoms with E-state index in [1.165, 1.54) is 0 Å². The molecule has 0 fully saturated rings.